The summed E-state index contributed by atoms with van der Waals surface area (Å²) in [6.45, 7) is 6.30. The number of hydrogen-bond donors (Lipinski definition) is 2. The molecule has 2 aliphatic rings. The van der Waals surface area contributed by atoms with Crippen molar-refractivity contribution in [1.82, 2.24) is 9.88 Å². The molecule has 7 heteroatoms. The number of aromatic amines is 1. The summed E-state index contributed by atoms with van der Waals surface area (Å²) < 4.78 is 0. The molecular formula is C19H24N2O5. The second-order valence-electron chi connectivity index (χ2n) is 8.43. The lowest BCUT2D eigenvalue weighted by Gasteiger charge is -2.35. The number of Topliss-reactive ketones (excluding diaryl/α,β-unsaturated/α-hetero) is 1. The number of fused-ring (bicyclic) bond motifs is 1. The van der Waals surface area contributed by atoms with E-state index in [1.165, 1.54) is 11.0 Å². The molecule has 1 saturated heterocycles. The third-order valence-electron chi connectivity index (χ3n) is 5.24. The first kappa shape index (κ1) is 18.4. The van der Waals surface area contributed by atoms with Crippen LogP contribution in [0.25, 0.3) is 0 Å². The highest BCUT2D eigenvalue weighted by Crippen LogP contribution is 2.33. The van der Waals surface area contributed by atoms with Crippen LogP contribution in [-0.4, -0.2) is 45.7 Å². The number of amides is 1. The Bertz CT molecular complexity index is 839. The van der Waals surface area contributed by atoms with Gasteiger partial charge >= 0.3 is 5.97 Å². The molecule has 1 aromatic rings. The van der Waals surface area contributed by atoms with Gasteiger partial charge in [0.25, 0.3) is 11.5 Å². The number of rotatable bonds is 2. The number of carboxylic acid groups (broad SMARTS) is 1. The number of aromatic nitrogens is 1. The maximum atomic E-state index is 12.9. The summed E-state index contributed by atoms with van der Waals surface area (Å²) in [4.78, 5) is 53.2. The van der Waals surface area contributed by atoms with E-state index in [0.29, 0.717) is 37.1 Å². The molecule has 0 radical (unpaired) electrons. The zero-order valence-electron chi connectivity index (χ0n) is 15.3. The zero-order valence-corrected chi connectivity index (χ0v) is 15.3. The molecule has 140 valence electrons. The fourth-order valence-corrected chi connectivity index (χ4v) is 4.05. The maximum Gasteiger partial charge on any atom is 0.308 e. The topological polar surface area (TPSA) is 108 Å². The second-order valence-corrected chi connectivity index (χ2v) is 8.43. The average Bonchev–Trinajstić information content (AvgIpc) is 2.51. The summed E-state index contributed by atoms with van der Waals surface area (Å²) in [5.74, 6) is -2.14. The van der Waals surface area contributed by atoms with Gasteiger partial charge < -0.3 is 15.0 Å². The smallest absolute Gasteiger partial charge is 0.308 e. The van der Waals surface area contributed by atoms with E-state index in [1.807, 2.05) is 20.8 Å². The van der Waals surface area contributed by atoms with E-state index in [4.69, 9.17) is 0 Å². The van der Waals surface area contributed by atoms with E-state index in [-0.39, 0.29) is 29.2 Å². The van der Waals surface area contributed by atoms with E-state index in [0.717, 1.165) is 0 Å². The lowest BCUT2D eigenvalue weighted by Crippen LogP contribution is -2.47. The van der Waals surface area contributed by atoms with E-state index < -0.39 is 23.4 Å². The van der Waals surface area contributed by atoms with Crippen molar-refractivity contribution < 1.29 is 19.5 Å². The van der Waals surface area contributed by atoms with Crippen LogP contribution in [0.15, 0.2) is 10.9 Å². The highest BCUT2D eigenvalue weighted by atomic mass is 16.4. The Morgan fingerprint density at radius 2 is 1.92 bits per heavy atom. The Kier molecular flexibility index (Phi) is 4.50. The standard InChI is InChI=1S/C19H24N2O5/c1-10-4-11(18(25)26)9-21(8-10)17(24)13-5-12-14(20-16(13)23)6-19(2,3)7-15(12)22/h5,10-11H,4,6-9H2,1-3H3,(H,20,23)(H,25,26). The van der Waals surface area contributed by atoms with Gasteiger partial charge in [0.1, 0.15) is 5.56 Å². The monoisotopic (exact) mass is 360 g/mol. The number of pyridine rings is 1. The van der Waals surface area contributed by atoms with Gasteiger partial charge in [-0.1, -0.05) is 20.8 Å². The lowest BCUT2D eigenvalue weighted by atomic mass is 9.75. The molecule has 0 spiro atoms. The molecule has 2 N–H and O–H groups in total. The predicted octanol–water partition coefficient (Wildman–Crippen LogP) is 1.71. The molecule has 1 aromatic heterocycles. The number of ketones is 1. The highest BCUT2D eigenvalue weighted by molar-refractivity contribution is 6.02. The summed E-state index contributed by atoms with van der Waals surface area (Å²) in [6, 6.07) is 1.39. The molecule has 1 amide bonds. The Balaban J connectivity index is 1.94. The fourth-order valence-electron chi connectivity index (χ4n) is 4.05. The summed E-state index contributed by atoms with van der Waals surface area (Å²) >= 11 is 0. The van der Waals surface area contributed by atoms with E-state index in [2.05, 4.69) is 4.98 Å². The Morgan fingerprint density at radius 3 is 2.58 bits per heavy atom. The van der Waals surface area contributed by atoms with Crippen LogP contribution < -0.4 is 5.56 Å². The summed E-state index contributed by atoms with van der Waals surface area (Å²) in [5, 5.41) is 9.27. The number of carbonyl (C=O) groups is 3. The maximum absolute atomic E-state index is 12.9. The largest absolute Gasteiger partial charge is 0.481 e. The summed E-state index contributed by atoms with van der Waals surface area (Å²) in [7, 11) is 0. The molecule has 1 fully saturated rings. The summed E-state index contributed by atoms with van der Waals surface area (Å²) in [5.41, 5.74) is 0.130. The Morgan fingerprint density at radius 1 is 1.23 bits per heavy atom. The first-order valence-electron chi connectivity index (χ1n) is 8.89. The molecule has 1 aliphatic heterocycles. The minimum Gasteiger partial charge on any atom is -0.481 e. The van der Waals surface area contributed by atoms with Crippen molar-refractivity contribution in [3.8, 4) is 0 Å². The first-order valence-corrected chi connectivity index (χ1v) is 8.89. The van der Waals surface area contributed by atoms with Crippen LogP contribution in [0.1, 0.15) is 60.0 Å². The van der Waals surface area contributed by atoms with Gasteiger partial charge in [0, 0.05) is 30.8 Å². The zero-order chi connectivity index (χ0) is 19.2. The molecule has 2 unspecified atom stereocenters. The van der Waals surface area contributed by atoms with Gasteiger partial charge in [-0.2, -0.15) is 0 Å². The van der Waals surface area contributed by atoms with Gasteiger partial charge in [-0.05, 0) is 30.2 Å². The van der Waals surface area contributed by atoms with Crippen molar-refractivity contribution in [3.05, 3.63) is 33.2 Å². The molecule has 0 bridgehead atoms. The van der Waals surface area contributed by atoms with E-state index >= 15 is 0 Å². The Hall–Kier alpha value is -2.44. The Labute approximate surface area is 151 Å². The lowest BCUT2D eigenvalue weighted by molar-refractivity contribution is -0.143. The normalized spacial score (nSPS) is 24.9. The number of nitrogens with one attached hydrogen (secondary N) is 1. The van der Waals surface area contributed by atoms with Crippen molar-refractivity contribution in [2.75, 3.05) is 13.1 Å². The van der Waals surface area contributed by atoms with E-state index in [9.17, 15) is 24.3 Å². The summed E-state index contributed by atoms with van der Waals surface area (Å²) in [6.07, 6.45) is 1.44. The molecule has 0 saturated carbocycles. The quantitative estimate of drug-likeness (QED) is 0.835. The fraction of sp³-hybridized carbons (Fsp3) is 0.579. The van der Waals surface area contributed by atoms with Gasteiger partial charge in [0.05, 0.1) is 5.92 Å². The van der Waals surface area contributed by atoms with Crippen LogP contribution in [-0.2, 0) is 11.2 Å². The van der Waals surface area contributed by atoms with Crippen molar-refractivity contribution in [3.63, 3.8) is 0 Å². The number of carbonyl (C=O) groups excluding carboxylic acids is 2. The molecule has 26 heavy (non-hydrogen) atoms. The van der Waals surface area contributed by atoms with Gasteiger partial charge in [-0.3, -0.25) is 19.2 Å². The molecule has 3 rings (SSSR count). The number of carboxylic acids is 1. The number of likely N-dealkylation sites (tertiary alicyclic amines) is 1. The van der Waals surface area contributed by atoms with E-state index in [1.54, 1.807) is 0 Å². The number of piperidine rings is 1. The SMILES string of the molecule is CC1CC(C(=O)O)CN(C(=O)c2cc3c([nH]c2=O)CC(C)(C)CC3=O)C1. The van der Waals surface area contributed by atoms with Crippen LogP contribution in [0.2, 0.25) is 0 Å². The van der Waals surface area contributed by atoms with Crippen molar-refractivity contribution in [2.24, 2.45) is 17.3 Å². The number of hydrogen-bond acceptors (Lipinski definition) is 4. The van der Waals surface area contributed by atoms with Crippen LogP contribution in [0.3, 0.4) is 0 Å². The van der Waals surface area contributed by atoms with Crippen LogP contribution in [0.5, 0.6) is 0 Å². The second kappa shape index (κ2) is 6.37. The number of aliphatic carboxylic acids is 1. The van der Waals surface area contributed by atoms with Crippen molar-refractivity contribution >= 4 is 17.7 Å². The van der Waals surface area contributed by atoms with Crippen molar-refractivity contribution in [2.45, 2.75) is 40.0 Å². The predicted molar refractivity (Wildman–Crippen MR) is 94.3 cm³/mol. The highest BCUT2D eigenvalue weighted by Gasteiger charge is 2.35. The molecular weight excluding hydrogens is 336 g/mol. The molecule has 1 aliphatic carbocycles. The van der Waals surface area contributed by atoms with Crippen molar-refractivity contribution in [1.29, 1.82) is 0 Å². The third kappa shape index (κ3) is 3.43. The van der Waals surface area contributed by atoms with Gasteiger partial charge in [0.2, 0.25) is 0 Å². The average molecular weight is 360 g/mol. The third-order valence-corrected chi connectivity index (χ3v) is 5.24. The number of nitrogens with zero attached hydrogens (tertiary/aromatic N) is 1. The molecule has 2 atom stereocenters. The minimum atomic E-state index is -0.939. The van der Waals surface area contributed by atoms with Crippen LogP contribution in [0.4, 0.5) is 0 Å². The molecule has 7 nitrogen and oxygen atoms in total. The van der Waals surface area contributed by atoms with Gasteiger partial charge in [-0.25, -0.2) is 0 Å². The van der Waals surface area contributed by atoms with Crippen LogP contribution >= 0.6 is 0 Å². The molecule has 0 aromatic carbocycles. The van der Waals surface area contributed by atoms with Crippen LogP contribution in [0, 0.1) is 17.3 Å². The molecule has 2 heterocycles. The van der Waals surface area contributed by atoms with Gasteiger partial charge in [0.15, 0.2) is 5.78 Å². The minimum absolute atomic E-state index is 0.0351. The number of H-pyrrole nitrogens is 1. The first-order chi connectivity index (χ1) is 12.1. The van der Waals surface area contributed by atoms with Gasteiger partial charge in [-0.15, -0.1) is 0 Å².